The van der Waals surface area contributed by atoms with Gasteiger partial charge in [0.25, 0.3) is 0 Å². The number of carbonyl (C=O) groups excluding carboxylic acids is 1. The number of aromatic nitrogens is 6. The van der Waals surface area contributed by atoms with Gasteiger partial charge in [0, 0.05) is 42.6 Å². The Labute approximate surface area is 247 Å². The number of pyridine rings is 2. The summed E-state index contributed by atoms with van der Waals surface area (Å²) < 4.78 is 3.78. The summed E-state index contributed by atoms with van der Waals surface area (Å²) in [6, 6.07) is 24.0. The summed E-state index contributed by atoms with van der Waals surface area (Å²) in [5, 5.41) is 10.9. The molecule has 0 fully saturated rings. The van der Waals surface area contributed by atoms with Gasteiger partial charge in [0.15, 0.2) is 17.3 Å². The lowest BCUT2D eigenvalue weighted by atomic mass is 10.1. The Morgan fingerprint density at radius 3 is 2.79 bits per heavy atom. The molecule has 6 aromatic rings. The van der Waals surface area contributed by atoms with Crippen LogP contribution >= 0.6 is 0 Å². The van der Waals surface area contributed by atoms with Crippen LogP contribution in [0.1, 0.15) is 29.2 Å². The number of para-hydroxylation sites is 1. The number of nitrogens with one attached hydrogen (secondary N) is 2. The minimum atomic E-state index is -0.225. The van der Waals surface area contributed by atoms with Gasteiger partial charge in [-0.3, -0.25) is 9.36 Å². The van der Waals surface area contributed by atoms with Crippen LogP contribution in [0, 0.1) is 0 Å². The van der Waals surface area contributed by atoms with E-state index in [4.69, 9.17) is 15.7 Å². The highest BCUT2D eigenvalue weighted by Crippen LogP contribution is 2.36. The van der Waals surface area contributed by atoms with E-state index in [2.05, 4.69) is 50.1 Å². The highest BCUT2D eigenvalue weighted by molar-refractivity contribution is 5.99. The van der Waals surface area contributed by atoms with E-state index in [1.165, 1.54) is 17.2 Å². The molecule has 0 saturated carbocycles. The van der Waals surface area contributed by atoms with Gasteiger partial charge in [-0.15, -0.1) is 0 Å². The maximum absolute atomic E-state index is 11.9. The number of aryl methyl sites for hydroxylation is 1. The largest absolute Gasteiger partial charge is 0.383 e. The first-order valence-electron chi connectivity index (χ1n) is 14.1. The molecule has 7 rings (SSSR count). The smallest absolute Gasteiger partial charge is 0.247 e. The Morgan fingerprint density at radius 1 is 1.05 bits per heavy atom. The molecule has 0 bridgehead atoms. The van der Waals surface area contributed by atoms with E-state index >= 15 is 0 Å². The molecular formula is C33H29N9O. The summed E-state index contributed by atoms with van der Waals surface area (Å²) in [6.07, 6.45) is 8.44. The second-order valence-corrected chi connectivity index (χ2v) is 10.4. The van der Waals surface area contributed by atoms with Crippen molar-refractivity contribution in [2.75, 3.05) is 11.1 Å². The zero-order chi connectivity index (χ0) is 29.3. The molecule has 43 heavy (non-hydrogen) atoms. The number of imidazole rings is 1. The van der Waals surface area contributed by atoms with Crippen LogP contribution in [0.5, 0.6) is 0 Å². The third kappa shape index (κ3) is 4.93. The monoisotopic (exact) mass is 567 g/mol. The van der Waals surface area contributed by atoms with E-state index < -0.39 is 0 Å². The van der Waals surface area contributed by atoms with Gasteiger partial charge in [-0.2, -0.15) is 5.10 Å². The maximum Gasteiger partial charge on any atom is 0.247 e. The Balaban J connectivity index is 1.24. The summed E-state index contributed by atoms with van der Waals surface area (Å²) in [7, 11) is 0. The van der Waals surface area contributed by atoms with E-state index in [1.54, 1.807) is 17.1 Å². The number of carbonyl (C=O) groups is 1. The van der Waals surface area contributed by atoms with Gasteiger partial charge in [-0.25, -0.2) is 19.6 Å². The van der Waals surface area contributed by atoms with Crippen molar-refractivity contribution in [1.29, 1.82) is 0 Å². The van der Waals surface area contributed by atoms with E-state index in [0.29, 0.717) is 29.7 Å². The van der Waals surface area contributed by atoms with Crippen molar-refractivity contribution in [3.8, 4) is 22.9 Å². The summed E-state index contributed by atoms with van der Waals surface area (Å²) in [5.41, 5.74) is 13.8. The Hall–Kier alpha value is -5.61. The van der Waals surface area contributed by atoms with Gasteiger partial charge in [0.2, 0.25) is 5.91 Å². The van der Waals surface area contributed by atoms with Gasteiger partial charge < -0.3 is 16.4 Å². The number of nitrogens with zero attached hydrogens (tertiary/aromatic N) is 6. The molecule has 1 aliphatic carbocycles. The number of nitrogen functional groups attached to an aromatic ring is 1. The fraction of sp³-hybridized carbons (Fsp3) is 0.121. The van der Waals surface area contributed by atoms with Crippen LogP contribution in [0.2, 0.25) is 0 Å². The number of rotatable bonds is 8. The van der Waals surface area contributed by atoms with Crippen molar-refractivity contribution in [3.05, 3.63) is 121 Å². The zero-order valence-electron chi connectivity index (χ0n) is 23.3. The predicted molar refractivity (Wildman–Crippen MR) is 167 cm³/mol. The van der Waals surface area contributed by atoms with Crippen LogP contribution in [0.4, 0.5) is 11.5 Å². The molecule has 0 saturated heterocycles. The maximum atomic E-state index is 11.9. The summed E-state index contributed by atoms with van der Waals surface area (Å²) in [5.74, 6) is 1.55. The van der Waals surface area contributed by atoms with Crippen LogP contribution in [-0.4, -0.2) is 35.2 Å². The topological polar surface area (TPSA) is 129 Å². The molecule has 2 aromatic carbocycles. The molecule has 1 amide bonds. The first kappa shape index (κ1) is 26.3. The molecule has 10 nitrogen and oxygen atoms in total. The van der Waals surface area contributed by atoms with Gasteiger partial charge >= 0.3 is 0 Å². The van der Waals surface area contributed by atoms with Crippen molar-refractivity contribution in [2.24, 2.45) is 0 Å². The fourth-order valence-electron chi connectivity index (χ4n) is 5.68. The van der Waals surface area contributed by atoms with Crippen LogP contribution in [0.15, 0.2) is 104 Å². The van der Waals surface area contributed by atoms with Crippen LogP contribution < -0.4 is 16.4 Å². The lowest BCUT2D eigenvalue weighted by molar-refractivity contribution is -0.111. The minimum absolute atomic E-state index is 0.185. The quantitative estimate of drug-likeness (QED) is 0.217. The van der Waals surface area contributed by atoms with Crippen molar-refractivity contribution in [2.45, 2.75) is 25.4 Å². The van der Waals surface area contributed by atoms with Gasteiger partial charge in [-0.05, 0) is 84.1 Å². The van der Waals surface area contributed by atoms with E-state index in [0.717, 1.165) is 40.9 Å². The standard InChI is InChI=1S/C33H29N9O/c1-2-30(43)38-26-9-4-3-7-22(26)20-36-27-13-10-21-19-23(11-12-24(21)27)42-32(25-8-5-16-35-31(25)34)39-28-14-15-29(40-33(28)42)41-18-6-17-37-41/h2-9,11-12,14-19,27,36H,1,10,13,20H2,(H2,34,35)(H,38,43)/t27-/m0/s1. The average molecular weight is 568 g/mol. The summed E-state index contributed by atoms with van der Waals surface area (Å²) in [6.45, 7) is 4.18. The molecule has 4 N–H and O–H groups in total. The molecule has 1 atom stereocenters. The van der Waals surface area contributed by atoms with Crippen molar-refractivity contribution < 1.29 is 4.79 Å². The number of fused-ring (bicyclic) bond motifs is 2. The Kier molecular flexibility index (Phi) is 6.72. The first-order valence-corrected chi connectivity index (χ1v) is 14.1. The lowest BCUT2D eigenvalue weighted by Crippen LogP contribution is -2.20. The SMILES string of the molecule is C=CC(=O)Nc1ccccc1CN[C@H]1CCc2cc(-n3c(-c4cccnc4N)nc4ccc(-n5cccn5)nc43)ccc21. The predicted octanol–water partition coefficient (Wildman–Crippen LogP) is 5.15. The van der Waals surface area contributed by atoms with Crippen LogP contribution in [-0.2, 0) is 17.8 Å². The number of hydrogen-bond acceptors (Lipinski definition) is 7. The van der Waals surface area contributed by atoms with E-state index in [9.17, 15) is 4.79 Å². The highest BCUT2D eigenvalue weighted by Gasteiger charge is 2.25. The van der Waals surface area contributed by atoms with Gasteiger partial charge in [0.1, 0.15) is 11.3 Å². The molecule has 0 aliphatic heterocycles. The molecule has 4 heterocycles. The Bertz CT molecular complexity index is 1980. The second-order valence-electron chi connectivity index (χ2n) is 10.4. The van der Waals surface area contributed by atoms with Crippen LogP contribution in [0.25, 0.3) is 34.1 Å². The average Bonchev–Trinajstić information content (AvgIpc) is 3.79. The Morgan fingerprint density at radius 2 is 1.95 bits per heavy atom. The fourth-order valence-corrected chi connectivity index (χ4v) is 5.68. The first-order chi connectivity index (χ1) is 21.1. The molecule has 0 spiro atoms. The second kappa shape index (κ2) is 11.0. The molecule has 0 radical (unpaired) electrons. The van der Waals surface area contributed by atoms with Gasteiger partial charge in [-0.1, -0.05) is 30.8 Å². The third-order valence-corrected chi connectivity index (χ3v) is 7.77. The van der Waals surface area contributed by atoms with E-state index in [1.807, 2.05) is 60.8 Å². The molecule has 212 valence electrons. The highest BCUT2D eigenvalue weighted by atomic mass is 16.1. The minimum Gasteiger partial charge on any atom is -0.383 e. The molecule has 10 heteroatoms. The number of benzene rings is 2. The number of nitrogens with two attached hydrogens (primary N) is 1. The normalized spacial score (nSPS) is 14.1. The molecule has 4 aromatic heterocycles. The number of amides is 1. The van der Waals surface area contributed by atoms with Gasteiger partial charge in [0.05, 0.1) is 5.56 Å². The lowest BCUT2D eigenvalue weighted by Gasteiger charge is -2.17. The molecular weight excluding hydrogens is 538 g/mol. The summed E-state index contributed by atoms with van der Waals surface area (Å²) in [4.78, 5) is 26.1. The van der Waals surface area contributed by atoms with Crippen molar-refractivity contribution in [3.63, 3.8) is 0 Å². The molecule has 0 unspecified atom stereocenters. The van der Waals surface area contributed by atoms with Crippen LogP contribution in [0.3, 0.4) is 0 Å². The van der Waals surface area contributed by atoms with Crippen molar-refractivity contribution in [1.82, 2.24) is 34.6 Å². The van der Waals surface area contributed by atoms with E-state index in [-0.39, 0.29) is 11.9 Å². The zero-order valence-corrected chi connectivity index (χ0v) is 23.3. The van der Waals surface area contributed by atoms with Crippen molar-refractivity contribution >= 4 is 28.6 Å². The third-order valence-electron chi connectivity index (χ3n) is 7.77. The molecule has 1 aliphatic rings. The number of anilines is 2. The number of hydrogen-bond donors (Lipinski definition) is 3. The summed E-state index contributed by atoms with van der Waals surface area (Å²) >= 11 is 0.